The second-order valence-corrected chi connectivity index (χ2v) is 7.61. The summed E-state index contributed by atoms with van der Waals surface area (Å²) in [6.07, 6.45) is 3.59. The summed E-state index contributed by atoms with van der Waals surface area (Å²) in [5.74, 6) is 3.54. The van der Waals surface area contributed by atoms with Gasteiger partial charge in [0, 0.05) is 13.1 Å². The summed E-state index contributed by atoms with van der Waals surface area (Å²) in [7, 11) is 0. The molecule has 0 spiro atoms. The average molecular weight is 267 g/mol. The highest BCUT2D eigenvalue weighted by atomic mass is 16.6. The molecule has 2 atom stereocenters. The van der Waals surface area contributed by atoms with Gasteiger partial charge < -0.3 is 9.64 Å². The van der Waals surface area contributed by atoms with Gasteiger partial charge in [0.15, 0.2) is 0 Å². The van der Waals surface area contributed by atoms with Gasteiger partial charge in [0.05, 0.1) is 0 Å². The van der Waals surface area contributed by atoms with Crippen LogP contribution in [-0.2, 0) is 4.74 Å². The molecule has 0 radical (unpaired) electrons. The Bertz CT molecular complexity index is 324. The molecule has 0 aromatic carbocycles. The first-order valence-corrected chi connectivity index (χ1v) is 7.76. The molecule has 0 aromatic heterocycles. The summed E-state index contributed by atoms with van der Waals surface area (Å²) in [6.45, 7) is 12.2. The first kappa shape index (κ1) is 14.7. The van der Waals surface area contributed by atoms with E-state index in [0.717, 1.165) is 49.6 Å². The number of hydrogen-bond donors (Lipinski definition) is 0. The van der Waals surface area contributed by atoms with Crippen molar-refractivity contribution in [3.05, 3.63) is 0 Å². The van der Waals surface area contributed by atoms with Gasteiger partial charge in [0.25, 0.3) is 0 Å². The van der Waals surface area contributed by atoms with Crippen LogP contribution in [-0.4, -0.2) is 29.7 Å². The van der Waals surface area contributed by atoms with Crippen molar-refractivity contribution in [2.24, 2.45) is 23.7 Å². The molecule has 3 nitrogen and oxygen atoms in total. The van der Waals surface area contributed by atoms with E-state index in [4.69, 9.17) is 4.74 Å². The summed E-state index contributed by atoms with van der Waals surface area (Å²) in [6, 6.07) is 0. The number of rotatable bonds is 2. The Balaban J connectivity index is 1.75. The Labute approximate surface area is 117 Å². The molecule has 0 unspecified atom stereocenters. The van der Waals surface area contributed by atoms with Gasteiger partial charge in [-0.05, 0) is 63.7 Å². The van der Waals surface area contributed by atoms with Gasteiger partial charge in [-0.3, -0.25) is 0 Å². The number of amides is 1. The molecule has 3 heteroatoms. The number of carbonyl (C=O) groups is 1. The van der Waals surface area contributed by atoms with Crippen molar-refractivity contribution in [3.8, 4) is 0 Å². The second kappa shape index (κ2) is 5.34. The Hall–Kier alpha value is -0.730. The zero-order valence-corrected chi connectivity index (χ0v) is 13.1. The summed E-state index contributed by atoms with van der Waals surface area (Å²) >= 11 is 0. The van der Waals surface area contributed by atoms with E-state index in [-0.39, 0.29) is 11.7 Å². The summed E-state index contributed by atoms with van der Waals surface area (Å²) in [5, 5.41) is 0. The van der Waals surface area contributed by atoms with Gasteiger partial charge in [-0.1, -0.05) is 13.8 Å². The molecule has 0 aromatic rings. The van der Waals surface area contributed by atoms with Crippen molar-refractivity contribution in [2.45, 2.75) is 59.5 Å². The van der Waals surface area contributed by atoms with E-state index in [0.29, 0.717) is 0 Å². The number of ether oxygens (including phenoxy) is 1. The van der Waals surface area contributed by atoms with Crippen LogP contribution in [0.15, 0.2) is 0 Å². The third-order valence-corrected chi connectivity index (χ3v) is 4.54. The van der Waals surface area contributed by atoms with E-state index in [2.05, 4.69) is 13.8 Å². The lowest BCUT2D eigenvalue weighted by Gasteiger charge is -2.33. The van der Waals surface area contributed by atoms with Crippen LogP contribution in [0.1, 0.15) is 53.9 Å². The van der Waals surface area contributed by atoms with E-state index in [1.807, 2.05) is 25.7 Å². The Kier molecular flexibility index (Phi) is 4.12. The second-order valence-electron chi connectivity index (χ2n) is 7.61. The summed E-state index contributed by atoms with van der Waals surface area (Å²) < 4.78 is 5.43. The molecule has 2 rings (SSSR count). The maximum absolute atomic E-state index is 12.0. The number of nitrogens with zero attached hydrogens (tertiary/aromatic N) is 1. The topological polar surface area (TPSA) is 29.5 Å². The highest BCUT2D eigenvalue weighted by Gasteiger charge is 2.45. The Morgan fingerprint density at radius 3 is 2.21 bits per heavy atom. The van der Waals surface area contributed by atoms with Crippen LogP contribution in [0, 0.1) is 23.7 Å². The quantitative estimate of drug-likeness (QED) is 0.758. The lowest BCUT2D eigenvalue weighted by molar-refractivity contribution is 0.0173. The SMILES string of the molecule is CC(C)[C@H]1C[C@@H]1C1CCN(C(=O)OC(C)(C)C)CC1. The normalized spacial score (nSPS) is 28.6. The van der Waals surface area contributed by atoms with Crippen molar-refractivity contribution >= 4 is 6.09 Å². The monoisotopic (exact) mass is 267 g/mol. The molecule has 1 saturated carbocycles. The molecule has 0 N–H and O–H groups in total. The number of piperidine rings is 1. The zero-order valence-electron chi connectivity index (χ0n) is 13.1. The third kappa shape index (κ3) is 3.87. The van der Waals surface area contributed by atoms with Gasteiger partial charge in [0.2, 0.25) is 0 Å². The highest BCUT2D eigenvalue weighted by Crippen LogP contribution is 2.51. The maximum Gasteiger partial charge on any atom is 0.410 e. The van der Waals surface area contributed by atoms with E-state index in [1.165, 1.54) is 6.42 Å². The lowest BCUT2D eigenvalue weighted by atomic mass is 9.89. The average Bonchev–Trinajstić information content (AvgIpc) is 3.07. The standard InChI is InChI=1S/C16H29NO2/c1-11(2)13-10-14(13)12-6-8-17(9-7-12)15(18)19-16(3,4)5/h11-14H,6-10H2,1-5H3/t13-,14-/m1/s1. The van der Waals surface area contributed by atoms with Crippen LogP contribution in [0.5, 0.6) is 0 Å². The van der Waals surface area contributed by atoms with Crippen molar-refractivity contribution in [2.75, 3.05) is 13.1 Å². The molecule has 1 amide bonds. The minimum absolute atomic E-state index is 0.137. The minimum Gasteiger partial charge on any atom is -0.444 e. The third-order valence-electron chi connectivity index (χ3n) is 4.54. The molecule has 0 bridgehead atoms. The van der Waals surface area contributed by atoms with Gasteiger partial charge in [-0.25, -0.2) is 4.79 Å². The highest BCUT2D eigenvalue weighted by molar-refractivity contribution is 5.68. The molecule has 1 heterocycles. The molecular weight excluding hydrogens is 238 g/mol. The largest absolute Gasteiger partial charge is 0.444 e. The van der Waals surface area contributed by atoms with E-state index < -0.39 is 0 Å². The molecule has 1 aliphatic carbocycles. The first-order chi connectivity index (χ1) is 8.78. The van der Waals surface area contributed by atoms with Crippen molar-refractivity contribution in [1.29, 1.82) is 0 Å². The minimum atomic E-state index is -0.382. The molecule has 1 saturated heterocycles. The predicted molar refractivity (Wildman–Crippen MR) is 77.0 cm³/mol. The fourth-order valence-corrected chi connectivity index (χ4v) is 3.38. The van der Waals surface area contributed by atoms with Gasteiger partial charge in [-0.15, -0.1) is 0 Å². The number of carbonyl (C=O) groups excluding carboxylic acids is 1. The van der Waals surface area contributed by atoms with Crippen molar-refractivity contribution in [3.63, 3.8) is 0 Å². The number of hydrogen-bond acceptors (Lipinski definition) is 2. The van der Waals surface area contributed by atoms with E-state index in [9.17, 15) is 4.79 Å². The fraction of sp³-hybridized carbons (Fsp3) is 0.938. The molecule has 1 aliphatic heterocycles. The molecule has 2 aliphatic rings. The van der Waals surface area contributed by atoms with Gasteiger partial charge in [-0.2, -0.15) is 0 Å². The van der Waals surface area contributed by atoms with Crippen LogP contribution in [0.2, 0.25) is 0 Å². The predicted octanol–water partition coefficient (Wildman–Crippen LogP) is 3.93. The van der Waals surface area contributed by atoms with Gasteiger partial charge >= 0.3 is 6.09 Å². The van der Waals surface area contributed by atoms with E-state index in [1.54, 1.807) is 0 Å². The van der Waals surface area contributed by atoms with Crippen LogP contribution >= 0.6 is 0 Å². The van der Waals surface area contributed by atoms with Crippen LogP contribution in [0.25, 0.3) is 0 Å². The Morgan fingerprint density at radius 2 is 1.79 bits per heavy atom. The van der Waals surface area contributed by atoms with Crippen LogP contribution < -0.4 is 0 Å². The zero-order chi connectivity index (χ0) is 14.2. The van der Waals surface area contributed by atoms with E-state index >= 15 is 0 Å². The summed E-state index contributed by atoms with van der Waals surface area (Å²) in [5.41, 5.74) is -0.382. The lowest BCUT2D eigenvalue weighted by Crippen LogP contribution is -2.42. The Morgan fingerprint density at radius 1 is 1.21 bits per heavy atom. The van der Waals surface area contributed by atoms with Crippen molar-refractivity contribution < 1.29 is 9.53 Å². The van der Waals surface area contributed by atoms with Crippen LogP contribution in [0.4, 0.5) is 4.79 Å². The smallest absolute Gasteiger partial charge is 0.410 e. The van der Waals surface area contributed by atoms with Crippen LogP contribution in [0.3, 0.4) is 0 Å². The van der Waals surface area contributed by atoms with Gasteiger partial charge in [0.1, 0.15) is 5.60 Å². The maximum atomic E-state index is 12.0. The first-order valence-electron chi connectivity index (χ1n) is 7.76. The fourth-order valence-electron chi connectivity index (χ4n) is 3.38. The van der Waals surface area contributed by atoms with Crippen molar-refractivity contribution in [1.82, 2.24) is 4.90 Å². The molecular formula is C16H29NO2. The summed E-state index contributed by atoms with van der Waals surface area (Å²) in [4.78, 5) is 13.9. The molecule has 19 heavy (non-hydrogen) atoms. The number of likely N-dealkylation sites (tertiary alicyclic amines) is 1. The molecule has 110 valence electrons. The molecule has 2 fully saturated rings.